The first-order valence-electron chi connectivity index (χ1n) is 5.43. The third-order valence-corrected chi connectivity index (χ3v) is 2.47. The highest BCUT2D eigenvalue weighted by atomic mass is 16.6. The molecule has 2 aromatic rings. The van der Waals surface area contributed by atoms with Crippen LogP contribution in [0.15, 0.2) is 24.4 Å². The standard InChI is InChI=1S/C11H13N5O2/c1-8-3-4-10(11(5-8)16(17)18)15-7-9(6-12-2)13-14-15/h3-5,7,12H,6H2,1-2H3. The molecule has 94 valence electrons. The molecule has 0 unspecified atom stereocenters. The molecule has 0 amide bonds. The highest BCUT2D eigenvalue weighted by Crippen LogP contribution is 2.23. The van der Waals surface area contributed by atoms with Crippen molar-refractivity contribution in [3.63, 3.8) is 0 Å². The number of nitrogens with zero attached hydrogens (tertiary/aromatic N) is 4. The van der Waals surface area contributed by atoms with E-state index in [9.17, 15) is 10.1 Å². The summed E-state index contributed by atoms with van der Waals surface area (Å²) in [4.78, 5) is 10.6. The maximum atomic E-state index is 11.0. The molecule has 0 saturated carbocycles. The molecule has 1 aromatic heterocycles. The minimum absolute atomic E-state index is 0.0240. The molecule has 0 radical (unpaired) electrons. The van der Waals surface area contributed by atoms with Gasteiger partial charge in [0.25, 0.3) is 5.69 Å². The Morgan fingerprint density at radius 1 is 1.50 bits per heavy atom. The molecular formula is C11H13N5O2. The van der Waals surface area contributed by atoms with Gasteiger partial charge in [-0.2, -0.15) is 0 Å². The molecule has 0 atom stereocenters. The van der Waals surface area contributed by atoms with Crippen LogP contribution in [-0.2, 0) is 6.54 Å². The van der Waals surface area contributed by atoms with Crippen LogP contribution in [0.4, 0.5) is 5.69 Å². The van der Waals surface area contributed by atoms with Crippen LogP contribution in [0.5, 0.6) is 0 Å². The second-order valence-corrected chi connectivity index (χ2v) is 3.93. The van der Waals surface area contributed by atoms with E-state index >= 15 is 0 Å². The lowest BCUT2D eigenvalue weighted by Crippen LogP contribution is -2.05. The molecule has 0 aliphatic rings. The molecule has 0 bridgehead atoms. The Morgan fingerprint density at radius 2 is 2.28 bits per heavy atom. The van der Waals surface area contributed by atoms with Gasteiger partial charge in [-0.25, -0.2) is 4.68 Å². The first-order chi connectivity index (χ1) is 8.61. The largest absolute Gasteiger partial charge is 0.314 e. The van der Waals surface area contributed by atoms with Gasteiger partial charge in [0.05, 0.1) is 16.8 Å². The molecular weight excluding hydrogens is 234 g/mol. The van der Waals surface area contributed by atoms with Crippen molar-refractivity contribution in [1.82, 2.24) is 20.3 Å². The van der Waals surface area contributed by atoms with Gasteiger partial charge < -0.3 is 5.32 Å². The van der Waals surface area contributed by atoms with E-state index in [2.05, 4.69) is 15.6 Å². The number of nitro groups is 1. The zero-order chi connectivity index (χ0) is 13.1. The van der Waals surface area contributed by atoms with Crippen molar-refractivity contribution in [3.8, 4) is 5.69 Å². The second-order valence-electron chi connectivity index (χ2n) is 3.93. The Labute approximate surface area is 104 Å². The molecule has 2 rings (SSSR count). The van der Waals surface area contributed by atoms with Gasteiger partial charge in [-0.1, -0.05) is 11.3 Å². The number of aromatic nitrogens is 3. The lowest BCUT2D eigenvalue weighted by molar-refractivity contribution is -0.384. The van der Waals surface area contributed by atoms with E-state index in [-0.39, 0.29) is 5.69 Å². The van der Waals surface area contributed by atoms with E-state index in [0.29, 0.717) is 12.2 Å². The average molecular weight is 247 g/mol. The van der Waals surface area contributed by atoms with E-state index in [4.69, 9.17) is 0 Å². The highest BCUT2D eigenvalue weighted by Gasteiger charge is 2.16. The Balaban J connectivity index is 2.45. The van der Waals surface area contributed by atoms with E-state index in [0.717, 1.165) is 11.3 Å². The van der Waals surface area contributed by atoms with Gasteiger partial charge in [-0.15, -0.1) is 5.10 Å². The van der Waals surface area contributed by atoms with Crippen LogP contribution in [0.1, 0.15) is 11.3 Å². The minimum Gasteiger partial charge on any atom is -0.314 e. The van der Waals surface area contributed by atoms with Gasteiger partial charge in [-0.3, -0.25) is 10.1 Å². The van der Waals surface area contributed by atoms with Crippen LogP contribution in [0.25, 0.3) is 5.69 Å². The number of hydrogen-bond acceptors (Lipinski definition) is 5. The normalized spacial score (nSPS) is 10.6. The Morgan fingerprint density at radius 3 is 2.94 bits per heavy atom. The number of aryl methyl sites for hydroxylation is 1. The summed E-state index contributed by atoms with van der Waals surface area (Å²) in [6.45, 7) is 2.38. The average Bonchev–Trinajstić information content (AvgIpc) is 2.78. The number of rotatable bonds is 4. The fourth-order valence-electron chi connectivity index (χ4n) is 1.65. The van der Waals surface area contributed by atoms with Gasteiger partial charge in [0.1, 0.15) is 5.69 Å². The van der Waals surface area contributed by atoms with Crippen molar-refractivity contribution in [2.45, 2.75) is 13.5 Å². The lowest BCUT2D eigenvalue weighted by Gasteiger charge is -2.02. The molecule has 0 fully saturated rings. The molecule has 7 nitrogen and oxygen atoms in total. The maximum Gasteiger partial charge on any atom is 0.295 e. The van der Waals surface area contributed by atoms with Crippen molar-refractivity contribution >= 4 is 5.69 Å². The van der Waals surface area contributed by atoms with Gasteiger partial charge >= 0.3 is 0 Å². The zero-order valence-electron chi connectivity index (χ0n) is 10.1. The van der Waals surface area contributed by atoms with Crippen LogP contribution in [0.2, 0.25) is 0 Å². The van der Waals surface area contributed by atoms with E-state index in [1.807, 2.05) is 13.0 Å². The molecule has 1 N–H and O–H groups in total. The molecule has 7 heteroatoms. The predicted molar refractivity (Wildman–Crippen MR) is 65.5 cm³/mol. The van der Waals surface area contributed by atoms with Crippen LogP contribution < -0.4 is 5.32 Å². The molecule has 18 heavy (non-hydrogen) atoms. The van der Waals surface area contributed by atoms with Crippen molar-refractivity contribution in [1.29, 1.82) is 0 Å². The summed E-state index contributed by atoms with van der Waals surface area (Å²) < 4.78 is 1.42. The summed E-state index contributed by atoms with van der Waals surface area (Å²) in [6.07, 6.45) is 1.67. The number of hydrogen-bond donors (Lipinski definition) is 1. The van der Waals surface area contributed by atoms with Crippen molar-refractivity contribution in [2.75, 3.05) is 7.05 Å². The van der Waals surface area contributed by atoms with Crippen molar-refractivity contribution < 1.29 is 4.92 Å². The summed E-state index contributed by atoms with van der Waals surface area (Å²) in [5, 5.41) is 21.8. The Hall–Kier alpha value is -2.28. The third kappa shape index (κ3) is 2.35. The third-order valence-electron chi connectivity index (χ3n) is 2.47. The Kier molecular flexibility index (Phi) is 3.33. The molecule has 1 heterocycles. The first kappa shape index (κ1) is 12.2. The van der Waals surface area contributed by atoms with E-state index in [1.54, 1.807) is 19.3 Å². The quantitative estimate of drug-likeness (QED) is 0.648. The summed E-state index contributed by atoms with van der Waals surface area (Å²) in [5.74, 6) is 0. The van der Waals surface area contributed by atoms with Gasteiger partial charge in [0.2, 0.25) is 0 Å². The number of benzene rings is 1. The second kappa shape index (κ2) is 4.92. The number of nitro benzene ring substituents is 1. The molecule has 0 aliphatic heterocycles. The Bertz CT molecular complexity index is 579. The number of nitrogens with one attached hydrogen (secondary N) is 1. The summed E-state index contributed by atoms with van der Waals surface area (Å²) >= 11 is 0. The highest BCUT2D eigenvalue weighted by molar-refractivity contribution is 5.53. The van der Waals surface area contributed by atoms with Crippen molar-refractivity contribution in [3.05, 3.63) is 45.8 Å². The lowest BCUT2D eigenvalue weighted by atomic mass is 10.2. The van der Waals surface area contributed by atoms with E-state index in [1.165, 1.54) is 10.7 Å². The fourth-order valence-corrected chi connectivity index (χ4v) is 1.65. The van der Waals surface area contributed by atoms with Crippen LogP contribution >= 0.6 is 0 Å². The predicted octanol–water partition coefficient (Wildman–Crippen LogP) is 1.20. The monoisotopic (exact) mass is 247 g/mol. The SMILES string of the molecule is CNCc1cn(-c2ccc(C)cc2[N+](=O)[O-])nn1. The van der Waals surface area contributed by atoms with Crippen LogP contribution in [0, 0.1) is 17.0 Å². The van der Waals surface area contributed by atoms with Crippen LogP contribution in [-0.4, -0.2) is 27.0 Å². The minimum atomic E-state index is -0.415. The molecule has 0 spiro atoms. The summed E-state index contributed by atoms with van der Waals surface area (Å²) in [6, 6.07) is 5.00. The topological polar surface area (TPSA) is 85.9 Å². The smallest absolute Gasteiger partial charge is 0.295 e. The zero-order valence-corrected chi connectivity index (χ0v) is 10.1. The van der Waals surface area contributed by atoms with Gasteiger partial charge in [0.15, 0.2) is 0 Å². The van der Waals surface area contributed by atoms with Crippen LogP contribution in [0.3, 0.4) is 0 Å². The summed E-state index contributed by atoms with van der Waals surface area (Å²) in [7, 11) is 1.80. The van der Waals surface area contributed by atoms with E-state index < -0.39 is 4.92 Å². The fraction of sp³-hybridized carbons (Fsp3) is 0.273. The van der Waals surface area contributed by atoms with Gasteiger partial charge in [0, 0.05) is 12.6 Å². The molecule has 0 saturated heterocycles. The van der Waals surface area contributed by atoms with Crippen molar-refractivity contribution in [2.24, 2.45) is 0 Å². The summed E-state index contributed by atoms with van der Waals surface area (Å²) in [5.41, 5.74) is 2.00. The maximum absolute atomic E-state index is 11.0. The molecule has 1 aromatic carbocycles. The molecule has 0 aliphatic carbocycles. The van der Waals surface area contributed by atoms with Gasteiger partial charge in [-0.05, 0) is 25.6 Å². The first-order valence-corrected chi connectivity index (χ1v) is 5.43.